The van der Waals surface area contributed by atoms with Crippen molar-refractivity contribution in [2.75, 3.05) is 5.32 Å². The van der Waals surface area contributed by atoms with Crippen LogP contribution in [0.3, 0.4) is 0 Å². The molecular formula is C16H15ClFN. The van der Waals surface area contributed by atoms with Crippen molar-refractivity contribution in [3.8, 4) is 0 Å². The van der Waals surface area contributed by atoms with Crippen LogP contribution in [0.25, 0.3) is 0 Å². The molecule has 1 atom stereocenters. The normalized spacial score (nSPS) is 17.3. The van der Waals surface area contributed by atoms with Crippen LogP contribution >= 0.6 is 11.6 Å². The molecule has 0 aliphatic heterocycles. The maximum Gasteiger partial charge on any atom is 0.147 e. The van der Waals surface area contributed by atoms with Crippen LogP contribution in [0, 0.1) is 12.7 Å². The van der Waals surface area contributed by atoms with E-state index in [0.717, 1.165) is 12.8 Å². The number of nitrogens with one attached hydrogen (secondary N) is 1. The Morgan fingerprint density at radius 2 is 2.11 bits per heavy atom. The minimum atomic E-state index is -0.298. The zero-order chi connectivity index (χ0) is 13.4. The fourth-order valence-corrected chi connectivity index (χ4v) is 2.90. The standard InChI is InChI=1S/C16H15ClFN/c1-10-5-6-11-7-8-15(12(11)9-10)19-16-13(17)3-2-4-14(16)18/h2-6,9,15,19H,7-8H2,1H3. The van der Waals surface area contributed by atoms with Gasteiger partial charge in [0.05, 0.1) is 16.8 Å². The average Bonchev–Trinajstić information content (AvgIpc) is 2.76. The van der Waals surface area contributed by atoms with Crippen LogP contribution in [0.5, 0.6) is 0 Å². The zero-order valence-electron chi connectivity index (χ0n) is 10.7. The number of benzene rings is 2. The van der Waals surface area contributed by atoms with E-state index in [4.69, 9.17) is 11.6 Å². The van der Waals surface area contributed by atoms with E-state index in [2.05, 4.69) is 30.4 Å². The van der Waals surface area contributed by atoms with Gasteiger partial charge in [-0.15, -0.1) is 0 Å². The van der Waals surface area contributed by atoms with Crippen molar-refractivity contribution < 1.29 is 4.39 Å². The predicted octanol–water partition coefficient (Wildman–Crippen LogP) is 4.89. The van der Waals surface area contributed by atoms with Gasteiger partial charge in [-0.1, -0.05) is 41.4 Å². The number of halogens is 2. The van der Waals surface area contributed by atoms with Crippen molar-refractivity contribution in [3.05, 3.63) is 63.9 Å². The molecule has 1 nitrogen and oxygen atoms in total. The quantitative estimate of drug-likeness (QED) is 0.823. The van der Waals surface area contributed by atoms with E-state index in [1.165, 1.54) is 22.8 Å². The summed E-state index contributed by atoms with van der Waals surface area (Å²) >= 11 is 6.06. The second-order valence-electron chi connectivity index (χ2n) is 5.03. The van der Waals surface area contributed by atoms with Crippen molar-refractivity contribution in [1.29, 1.82) is 0 Å². The first-order valence-corrected chi connectivity index (χ1v) is 6.83. The molecule has 0 saturated heterocycles. The Bertz CT molecular complexity index is 604. The lowest BCUT2D eigenvalue weighted by molar-refractivity contribution is 0.625. The Balaban J connectivity index is 1.93. The van der Waals surface area contributed by atoms with Gasteiger partial charge in [0.15, 0.2) is 0 Å². The minimum Gasteiger partial charge on any atom is -0.375 e. The second kappa shape index (κ2) is 4.86. The molecule has 1 aliphatic carbocycles. The van der Waals surface area contributed by atoms with Crippen LogP contribution in [0.15, 0.2) is 36.4 Å². The van der Waals surface area contributed by atoms with E-state index >= 15 is 0 Å². The van der Waals surface area contributed by atoms with Crippen molar-refractivity contribution in [2.24, 2.45) is 0 Å². The van der Waals surface area contributed by atoms with E-state index < -0.39 is 0 Å². The molecule has 0 amide bonds. The van der Waals surface area contributed by atoms with Crippen LogP contribution in [-0.2, 0) is 6.42 Å². The fraction of sp³-hybridized carbons (Fsp3) is 0.250. The molecule has 3 heteroatoms. The number of aryl methyl sites for hydroxylation is 2. The Morgan fingerprint density at radius 1 is 1.26 bits per heavy atom. The molecule has 2 aromatic rings. The molecule has 0 radical (unpaired) electrons. The lowest BCUT2D eigenvalue weighted by Gasteiger charge is -2.17. The third kappa shape index (κ3) is 2.33. The SMILES string of the molecule is Cc1ccc2c(c1)C(Nc1c(F)cccc1Cl)CC2. The Kier molecular flexibility index (Phi) is 3.19. The summed E-state index contributed by atoms with van der Waals surface area (Å²) in [6, 6.07) is 11.4. The number of anilines is 1. The first kappa shape index (κ1) is 12.5. The van der Waals surface area contributed by atoms with Gasteiger partial charge in [-0.05, 0) is 43.0 Å². The van der Waals surface area contributed by atoms with Crippen molar-refractivity contribution in [1.82, 2.24) is 0 Å². The van der Waals surface area contributed by atoms with Crippen LogP contribution in [0.4, 0.5) is 10.1 Å². The number of hydrogen-bond donors (Lipinski definition) is 1. The first-order chi connectivity index (χ1) is 9.15. The van der Waals surface area contributed by atoms with Crippen LogP contribution in [-0.4, -0.2) is 0 Å². The molecule has 0 fully saturated rings. The largest absolute Gasteiger partial charge is 0.375 e. The lowest BCUT2D eigenvalue weighted by Crippen LogP contribution is -2.09. The molecule has 1 aliphatic rings. The number of para-hydroxylation sites is 1. The highest BCUT2D eigenvalue weighted by atomic mass is 35.5. The maximum absolute atomic E-state index is 13.8. The monoisotopic (exact) mass is 275 g/mol. The van der Waals surface area contributed by atoms with Gasteiger partial charge in [0.2, 0.25) is 0 Å². The third-order valence-electron chi connectivity index (χ3n) is 3.66. The van der Waals surface area contributed by atoms with E-state index in [9.17, 15) is 4.39 Å². The summed E-state index contributed by atoms with van der Waals surface area (Å²) in [6.45, 7) is 2.08. The second-order valence-corrected chi connectivity index (χ2v) is 5.44. The fourth-order valence-electron chi connectivity index (χ4n) is 2.68. The highest BCUT2D eigenvalue weighted by molar-refractivity contribution is 6.33. The molecule has 1 N–H and O–H groups in total. The summed E-state index contributed by atoms with van der Waals surface area (Å²) in [5.74, 6) is -0.298. The average molecular weight is 276 g/mol. The smallest absolute Gasteiger partial charge is 0.147 e. The predicted molar refractivity (Wildman–Crippen MR) is 77.3 cm³/mol. The zero-order valence-corrected chi connectivity index (χ0v) is 11.5. The van der Waals surface area contributed by atoms with Crippen molar-refractivity contribution in [3.63, 3.8) is 0 Å². The van der Waals surface area contributed by atoms with Gasteiger partial charge in [0.1, 0.15) is 5.82 Å². The number of rotatable bonds is 2. The molecule has 0 heterocycles. The summed E-state index contributed by atoms with van der Waals surface area (Å²) in [7, 11) is 0. The van der Waals surface area contributed by atoms with E-state index in [0.29, 0.717) is 10.7 Å². The molecule has 2 aromatic carbocycles. The molecule has 0 aromatic heterocycles. The topological polar surface area (TPSA) is 12.0 Å². The summed E-state index contributed by atoms with van der Waals surface area (Å²) in [5, 5.41) is 3.69. The van der Waals surface area contributed by atoms with Gasteiger partial charge in [0, 0.05) is 0 Å². The number of hydrogen-bond acceptors (Lipinski definition) is 1. The highest BCUT2D eigenvalue weighted by Gasteiger charge is 2.23. The van der Waals surface area contributed by atoms with Crippen LogP contribution < -0.4 is 5.32 Å². The van der Waals surface area contributed by atoms with Crippen molar-refractivity contribution in [2.45, 2.75) is 25.8 Å². The van der Waals surface area contributed by atoms with Gasteiger partial charge in [0.25, 0.3) is 0 Å². The summed E-state index contributed by atoms with van der Waals surface area (Å²) in [6.07, 6.45) is 2.00. The maximum atomic E-state index is 13.8. The van der Waals surface area contributed by atoms with Crippen molar-refractivity contribution >= 4 is 17.3 Å². The highest BCUT2D eigenvalue weighted by Crippen LogP contribution is 2.36. The van der Waals surface area contributed by atoms with Gasteiger partial charge in [-0.3, -0.25) is 0 Å². The third-order valence-corrected chi connectivity index (χ3v) is 3.98. The molecular weight excluding hydrogens is 261 g/mol. The summed E-state index contributed by atoms with van der Waals surface area (Å²) in [5.41, 5.74) is 4.24. The Labute approximate surface area is 117 Å². The van der Waals surface area contributed by atoms with Gasteiger partial charge in [-0.2, -0.15) is 0 Å². The minimum absolute atomic E-state index is 0.143. The van der Waals surface area contributed by atoms with Crippen LogP contribution in [0.2, 0.25) is 5.02 Å². The van der Waals surface area contributed by atoms with Gasteiger partial charge < -0.3 is 5.32 Å². The van der Waals surface area contributed by atoms with Crippen LogP contribution in [0.1, 0.15) is 29.2 Å². The summed E-state index contributed by atoms with van der Waals surface area (Å²) in [4.78, 5) is 0. The number of fused-ring (bicyclic) bond motifs is 1. The van der Waals surface area contributed by atoms with E-state index in [1.54, 1.807) is 12.1 Å². The van der Waals surface area contributed by atoms with E-state index in [-0.39, 0.29) is 11.9 Å². The molecule has 19 heavy (non-hydrogen) atoms. The molecule has 0 saturated carbocycles. The molecule has 1 unspecified atom stereocenters. The van der Waals surface area contributed by atoms with Gasteiger partial charge in [-0.25, -0.2) is 4.39 Å². The first-order valence-electron chi connectivity index (χ1n) is 6.45. The Hall–Kier alpha value is -1.54. The molecule has 98 valence electrons. The van der Waals surface area contributed by atoms with Gasteiger partial charge >= 0.3 is 0 Å². The molecule has 0 spiro atoms. The Morgan fingerprint density at radius 3 is 2.89 bits per heavy atom. The van der Waals surface area contributed by atoms with E-state index in [1.807, 2.05) is 0 Å². The molecule has 0 bridgehead atoms. The lowest BCUT2D eigenvalue weighted by atomic mass is 10.0. The summed E-state index contributed by atoms with van der Waals surface area (Å²) < 4.78 is 13.8. The molecule has 3 rings (SSSR count).